The fraction of sp³-hybridized carbons (Fsp3) is 0.125. The molecule has 2 aromatic rings. The summed E-state index contributed by atoms with van der Waals surface area (Å²) in [6, 6.07) is 3.86. The van der Waals surface area contributed by atoms with Crippen molar-refractivity contribution in [3.63, 3.8) is 0 Å². The van der Waals surface area contributed by atoms with Crippen molar-refractivity contribution in [2.24, 2.45) is 0 Å². The summed E-state index contributed by atoms with van der Waals surface area (Å²) in [5, 5.41) is 7.96. The largest absolute Gasteiger partial charge is 0.259 e. The van der Waals surface area contributed by atoms with Crippen LogP contribution in [0.4, 0.5) is 0 Å². The van der Waals surface area contributed by atoms with Crippen LogP contribution >= 0.6 is 0 Å². The van der Waals surface area contributed by atoms with Crippen molar-refractivity contribution in [3.8, 4) is 5.69 Å². The Balaban J connectivity index is 2.43. The van der Waals surface area contributed by atoms with Crippen LogP contribution in [-0.4, -0.2) is 20.0 Å². The first-order valence-electron chi connectivity index (χ1n) is 3.65. The van der Waals surface area contributed by atoms with E-state index < -0.39 is 0 Å². The van der Waals surface area contributed by atoms with Crippen LogP contribution < -0.4 is 0 Å². The van der Waals surface area contributed by atoms with Gasteiger partial charge in [0.1, 0.15) is 5.69 Å². The summed E-state index contributed by atoms with van der Waals surface area (Å²) in [6.45, 7) is 1.94. The van der Waals surface area contributed by atoms with Crippen LogP contribution in [0.25, 0.3) is 5.69 Å². The Morgan fingerprint density at radius 2 is 1.92 bits per heavy atom. The van der Waals surface area contributed by atoms with Crippen LogP contribution in [0.5, 0.6) is 0 Å². The second-order valence-electron chi connectivity index (χ2n) is 2.48. The summed E-state index contributed by atoms with van der Waals surface area (Å²) in [5.74, 6) is 0. The summed E-state index contributed by atoms with van der Waals surface area (Å²) in [6.07, 6.45) is 5.02. The van der Waals surface area contributed by atoms with Gasteiger partial charge in [-0.1, -0.05) is 0 Å². The second-order valence-corrected chi connectivity index (χ2v) is 2.48. The van der Waals surface area contributed by atoms with E-state index in [1.54, 1.807) is 18.6 Å². The number of rotatable bonds is 1. The molecule has 0 atom stereocenters. The van der Waals surface area contributed by atoms with Gasteiger partial charge in [0.05, 0.1) is 18.6 Å². The van der Waals surface area contributed by atoms with Gasteiger partial charge >= 0.3 is 0 Å². The molecule has 0 aliphatic heterocycles. The van der Waals surface area contributed by atoms with Gasteiger partial charge in [-0.2, -0.15) is 15.0 Å². The van der Waals surface area contributed by atoms with E-state index in [4.69, 9.17) is 0 Å². The van der Waals surface area contributed by atoms with Crippen LogP contribution in [0, 0.1) is 6.92 Å². The van der Waals surface area contributed by atoms with E-state index in [-0.39, 0.29) is 0 Å². The third kappa shape index (κ3) is 1.18. The maximum Gasteiger partial charge on any atom is 0.104 e. The van der Waals surface area contributed by atoms with Gasteiger partial charge in [-0.3, -0.25) is 4.98 Å². The van der Waals surface area contributed by atoms with Crippen molar-refractivity contribution in [2.45, 2.75) is 6.92 Å². The highest BCUT2D eigenvalue weighted by Crippen LogP contribution is 2.01. The lowest BCUT2D eigenvalue weighted by Crippen LogP contribution is -1.98. The third-order valence-electron chi connectivity index (χ3n) is 1.55. The Hall–Kier alpha value is -1.71. The average Bonchev–Trinajstić information content (AvgIpc) is 2.58. The molecule has 0 fully saturated rings. The minimum absolute atomic E-state index is 0.880. The minimum atomic E-state index is 0.880. The van der Waals surface area contributed by atoms with Gasteiger partial charge in [-0.25, -0.2) is 0 Å². The van der Waals surface area contributed by atoms with Crippen molar-refractivity contribution >= 4 is 0 Å². The molecule has 0 unspecified atom stereocenters. The van der Waals surface area contributed by atoms with Crippen molar-refractivity contribution in [1.82, 2.24) is 20.0 Å². The van der Waals surface area contributed by atoms with E-state index >= 15 is 0 Å². The van der Waals surface area contributed by atoms with E-state index in [1.165, 1.54) is 4.80 Å². The summed E-state index contributed by atoms with van der Waals surface area (Å²) in [7, 11) is 0. The first-order valence-corrected chi connectivity index (χ1v) is 3.65. The Morgan fingerprint density at radius 3 is 2.50 bits per heavy atom. The molecule has 0 saturated carbocycles. The van der Waals surface area contributed by atoms with Gasteiger partial charge < -0.3 is 0 Å². The van der Waals surface area contributed by atoms with Gasteiger partial charge in [0, 0.05) is 5.69 Å². The first-order chi connectivity index (χ1) is 5.86. The lowest BCUT2D eigenvalue weighted by Gasteiger charge is -1.97. The molecule has 0 saturated heterocycles. The number of aromatic nitrogens is 4. The van der Waals surface area contributed by atoms with Crippen LogP contribution in [0.1, 0.15) is 5.69 Å². The van der Waals surface area contributed by atoms with Gasteiger partial charge in [-0.15, -0.1) is 0 Å². The SMILES string of the molecule is Cc1ccc(-n2nccn2)cn1. The summed E-state index contributed by atoms with van der Waals surface area (Å²) < 4.78 is 0. The molecule has 4 heteroatoms. The zero-order chi connectivity index (χ0) is 8.39. The standard InChI is InChI=1S/C8H8N4/c1-7-2-3-8(6-9-7)12-10-4-5-11-12/h2-6H,1H3. The van der Waals surface area contributed by atoms with Gasteiger partial charge in [0.2, 0.25) is 0 Å². The van der Waals surface area contributed by atoms with E-state index in [2.05, 4.69) is 15.2 Å². The zero-order valence-electron chi connectivity index (χ0n) is 6.68. The Labute approximate surface area is 69.9 Å². The van der Waals surface area contributed by atoms with E-state index in [0.717, 1.165) is 11.4 Å². The first kappa shape index (κ1) is 6.97. The number of hydrogen-bond acceptors (Lipinski definition) is 3. The number of hydrogen-bond donors (Lipinski definition) is 0. The fourth-order valence-electron chi connectivity index (χ4n) is 0.927. The van der Waals surface area contributed by atoms with Crippen molar-refractivity contribution < 1.29 is 0 Å². The predicted octanol–water partition coefficient (Wildman–Crippen LogP) is 0.971. The minimum Gasteiger partial charge on any atom is -0.259 e. The highest BCUT2D eigenvalue weighted by molar-refractivity contribution is 5.26. The molecular formula is C8H8N4. The highest BCUT2D eigenvalue weighted by Gasteiger charge is 1.95. The molecule has 0 aromatic carbocycles. The van der Waals surface area contributed by atoms with Crippen LogP contribution in [-0.2, 0) is 0 Å². The van der Waals surface area contributed by atoms with Crippen molar-refractivity contribution in [3.05, 3.63) is 36.4 Å². The van der Waals surface area contributed by atoms with E-state index in [0.29, 0.717) is 0 Å². The summed E-state index contributed by atoms with van der Waals surface area (Å²) in [4.78, 5) is 5.67. The molecule has 2 rings (SSSR count). The maximum atomic E-state index is 4.13. The molecule has 0 bridgehead atoms. The smallest absolute Gasteiger partial charge is 0.104 e. The van der Waals surface area contributed by atoms with Crippen molar-refractivity contribution in [1.29, 1.82) is 0 Å². The van der Waals surface area contributed by atoms with Gasteiger partial charge in [0.25, 0.3) is 0 Å². The topological polar surface area (TPSA) is 43.6 Å². The Morgan fingerprint density at radius 1 is 1.17 bits per heavy atom. The van der Waals surface area contributed by atoms with Gasteiger partial charge in [-0.05, 0) is 19.1 Å². The van der Waals surface area contributed by atoms with Crippen LogP contribution in [0.15, 0.2) is 30.7 Å². The number of aryl methyl sites for hydroxylation is 1. The van der Waals surface area contributed by atoms with Gasteiger partial charge in [0.15, 0.2) is 0 Å². The normalized spacial score (nSPS) is 10.1. The van der Waals surface area contributed by atoms with Crippen LogP contribution in [0.2, 0.25) is 0 Å². The predicted molar refractivity (Wildman–Crippen MR) is 43.9 cm³/mol. The van der Waals surface area contributed by atoms with E-state index in [1.807, 2.05) is 19.1 Å². The van der Waals surface area contributed by atoms with E-state index in [9.17, 15) is 0 Å². The molecule has 0 spiro atoms. The molecular weight excluding hydrogens is 152 g/mol. The molecule has 12 heavy (non-hydrogen) atoms. The maximum absolute atomic E-state index is 4.13. The molecule has 2 heterocycles. The summed E-state index contributed by atoms with van der Waals surface area (Å²) in [5.41, 5.74) is 1.87. The zero-order valence-corrected chi connectivity index (χ0v) is 6.68. The second kappa shape index (κ2) is 2.73. The molecule has 2 aromatic heterocycles. The molecule has 0 aliphatic rings. The average molecular weight is 160 g/mol. The fourth-order valence-corrected chi connectivity index (χ4v) is 0.927. The Bertz CT molecular complexity index is 349. The van der Waals surface area contributed by atoms with Crippen LogP contribution in [0.3, 0.4) is 0 Å². The quantitative estimate of drug-likeness (QED) is 0.624. The molecule has 0 radical (unpaired) electrons. The number of nitrogens with zero attached hydrogens (tertiary/aromatic N) is 4. The molecule has 60 valence electrons. The summed E-state index contributed by atoms with van der Waals surface area (Å²) >= 11 is 0. The van der Waals surface area contributed by atoms with Crippen molar-refractivity contribution in [2.75, 3.05) is 0 Å². The number of pyridine rings is 1. The third-order valence-corrected chi connectivity index (χ3v) is 1.55. The molecule has 0 aliphatic carbocycles. The lowest BCUT2D eigenvalue weighted by atomic mass is 10.3. The lowest BCUT2D eigenvalue weighted by molar-refractivity contribution is 0.747. The molecule has 4 nitrogen and oxygen atoms in total. The molecule has 0 N–H and O–H groups in total. The monoisotopic (exact) mass is 160 g/mol. The Kier molecular flexibility index (Phi) is 1.59. The highest BCUT2D eigenvalue weighted by atomic mass is 15.5. The molecule has 0 amide bonds.